The lowest BCUT2D eigenvalue weighted by atomic mass is 10.2. The molecule has 2 aromatic carbocycles. The van der Waals surface area contributed by atoms with E-state index in [-0.39, 0.29) is 35.6 Å². The van der Waals surface area contributed by atoms with Gasteiger partial charge in [-0.15, -0.1) is 0 Å². The molecule has 0 fully saturated rings. The zero-order valence-corrected chi connectivity index (χ0v) is 17.1. The van der Waals surface area contributed by atoms with E-state index < -0.39 is 0 Å². The first-order valence-electron chi connectivity index (χ1n) is 10.1. The highest BCUT2D eigenvalue weighted by Crippen LogP contribution is 2.22. The number of hydrogen-bond donors (Lipinski definition) is 1. The predicted octanol–water partition coefficient (Wildman–Crippen LogP) is 3.75. The van der Waals surface area contributed by atoms with Gasteiger partial charge in [0.05, 0.1) is 18.2 Å². The van der Waals surface area contributed by atoms with E-state index in [0.29, 0.717) is 18.7 Å². The number of aromatic nitrogens is 4. The largest absolute Gasteiger partial charge is 0.485 e. The molecule has 7 nitrogen and oxygen atoms in total. The summed E-state index contributed by atoms with van der Waals surface area (Å²) in [5.74, 6) is -0.824. The van der Waals surface area contributed by atoms with E-state index in [1.54, 1.807) is 43.0 Å². The van der Waals surface area contributed by atoms with E-state index in [1.165, 1.54) is 28.9 Å². The number of aryl methyl sites for hydroxylation is 1. The normalized spacial score (nSPS) is 10.8. The molecule has 0 aliphatic carbocycles. The van der Waals surface area contributed by atoms with E-state index in [4.69, 9.17) is 4.74 Å². The van der Waals surface area contributed by atoms with Crippen LogP contribution in [0.3, 0.4) is 0 Å². The van der Waals surface area contributed by atoms with E-state index in [1.807, 2.05) is 10.8 Å². The summed E-state index contributed by atoms with van der Waals surface area (Å²) in [7, 11) is 0. The lowest BCUT2D eigenvalue weighted by Crippen LogP contribution is -2.26. The van der Waals surface area contributed by atoms with Crippen LogP contribution in [0.25, 0.3) is 5.69 Å². The van der Waals surface area contributed by atoms with Crippen molar-refractivity contribution in [2.75, 3.05) is 6.54 Å². The third-order valence-electron chi connectivity index (χ3n) is 4.73. The number of carbonyl (C=O) groups excluding carboxylic acids is 1. The summed E-state index contributed by atoms with van der Waals surface area (Å²) >= 11 is 0. The summed E-state index contributed by atoms with van der Waals surface area (Å²) in [6, 6.07) is 11.6. The minimum Gasteiger partial charge on any atom is -0.485 e. The Bertz CT molecular complexity index is 1160. The van der Waals surface area contributed by atoms with Gasteiger partial charge in [-0.05, 0) is 48.4 Å². The Morgan fingerprint density at radius 2 is 1.75 bits per heavy atom. The Hall–Kier alpha value is -4.01. The monoisotopic (exact) mass is 437 g/mol. The fourth-order valence-corrected chi connectivity index (χ4v) is 3.06. The highest BCUT2D eigenvalue weighted by molar-refractivity contribution is 5.94. The van der Waals surface area contributed by atoms with Crippen LogP contribution in [0, 0.1) is 11.6 Å². The molecule has 0 bridgehead atoms. The summed E-state index contributed by atoms with van der Waals surface area (Å²) in [4.78, 5) is 16.8. The van der Waals surface area contributed by atoms with Gasteiger partial charge in [0.25, 0.3) is 5.91 Å². The Labute approximate surface area is 183 Å². The SMILES string of the molecule is O=C(NCCCn1ccnc1)c1nn(-c2ccc(F)cc2)cc1OCc1ccc(F)cc1. The van der Waals surface area contributed by atoms with Gasteiger partial charge in [0.1, 0.15) is 18.2 Å². The summed E-state index contributed by atoms with van der Waals surface area (Å²) < 4.78 is 35.6. The van der Waals surface area contributed by atoms with Gasteiger partial charge < -0.3 is 14.6 Å². The number of imidazole rings is 1. The predicted molar refractivity (Wildman–Crippen MR) is 113 cm³/mol. The van der Waals surface area contributed by atoms with Gasteiger partial charge >= 0.3 is 0 Å². The fourth-order valence-electron chi connectivity index (χ4n) is 3.06. The molecular weight excluding hydrogens is 416 g/mol. The average molecular weight is 437 g/mol. The standard InChI is InChI=1S/C23H21F2N5O2/c24-18-4-2-17(3-5-18)15-32-21-14-30(20-8-6-19(25)7-9-20)28-22(21)23(31)27-10-1-12-29-13-11-26-16-29/h2-9,11,13-14,16H,1,10,12,15H2,(H,27,31). The molecule has 164 valence electrons. The Morgan fingerprint density at radius 3 is 2.44 bits per heavy atom. The maximum atomic E-state index is 13.3. The van der Waals surface area contributed by atoms with Crippen molar-refractivity contribution in [3.63, 3.8) is 0 Å². The molecule has 9 heteroatoms. The number of halogens is 2. The topological polar surface area (TPSA) is 74.0 Å². The van der Waals surface area contributed by atoms with Crippen LogP contribution in [0.15, 0.2) is 73.4 Å². The maximum Gasteiger partial charge on any atom is 0.275 e. The minimum atomic E-state index is -0.384. The molecule has 2 aromatic heterocycles. The van der Waals surface area contributed by atoms with Crippen LogP contribution < -0.4 is 10.1 Å². The quantitative estimate of drug-likeness (QED) is 0.405. The van der Waals surface area contributed by atoms with Crippen molar-refractivity contribution in [2.24, 2.45) is 0 Å². The van der Waals surface area contributed by atoms with Crippen LogP contribution in [-0.2, 0) is 13.2 Å². The van der Waals surface area contributed by atoms with E-state index >= 15 is 0 Å². The minimum absolute atomic E-state index is 0.110. The third-order valence-corrected chi connectivity index (χ3v) is 4.73. The number of amides is 1. The summed E-state index contributed by atoms with van der Waals surface area (Å²) in [6.45, 7) is 1.30. The first-order chi connectivity index (χ1) is 15.6. The molecule has 0 atom stereocenters. The lowest BCUT2D eigenvalue weighted by Gasteiger charge is -2.07. The number of hydrogen-bond acceptors (Lipinski definition) is 4. The van der Waals surface area contributed by atoms with Crippen LogP contribution in [-0.4, -0.2) is 31.8 Å². The Kier molecular flexibility index (Phi) is 6.54. The highest BCUT2D eigenvalue weighted by Gasteiger charge is 2.19. The van der Waals surface area contributed by atoms with Crippen LogP contribution in [0.2, 0.25) is 0 Å². The lowest BCUT2D eigenvalue weighted by molar-refractivity contribution is 0.0943. The highest BCUT2D eigenvalue weighted by atomic mass is 19.1. The van der Waals surface area contributed by atoms with Gasteiger partial charge in [-0.3, -0.25) is 4.79 Å². The zero-order valence-electron chi connectivity index (χ0n) is 17.1. The van der Waals surface area contributed by atoms with Gasteiger partial charge in [0, 0.05) is 25.5 Å². The molecule has 0 aliphatic heterocycles. The molecule has 0 unspecified atom stereocenters. The molecule has 4 rings (SSSR count). The zero-order chi connectivity index (χ0) is 22.3. The number of benzene rings is 2. The Morgan fingerprint density at radius 1 is 1.03 bits per heavy atom. The van der Waals surface area contributed by atoms with E-state index in [0.717, 1.165) is 12.1 Å². The van der Waals surface area contributed by atoms with Crippen LogP contribution in [0.4, 0.5) is 8.78 Å². The molecular formula is C23H21F2N5O2. The molecule has 32 heavy (non-hydrogen) atoms. The first kappa shape index (κ1) is 21.2. The molecule has 1 N–H and O–H groups in total. The van der Waals surface area contributed by atoms with Crippen molar-refractivity contribution in [1.82, 2.24) is 24.6 Å². The number of nitrogens with zero attached hydrogens (tertiary/aromatic N) is 4. The van der Waals surface area contributed by atoms with Crippen LogP contribution >= 0.6 is 0 Å². The van der Waals surface area contributed by atoms with Gasteiger partial charge in [-0.25, -0.2) is 18.4 Å². The molecule has 4 aromatic rings. The molecule has 0 radical (unpaired) electrons. The summed E-state index contributed by atoms with van der Waals surface area (Å²) in [6.07, 6.45) is 7.55. The average Bonchev–Trinajstić information content (AvgIpc) is 3.47. The molecule has 0 spiro atoms. The Balaban J connectivity index is 1.47. The molecule has 0 saturated carbocycles. The van der Waals surface area contributed by atoms with Crippen molar-refractivity contribution in [3.05, 3.63) is 96.3 Å². The van der Waals surface area contributed by atoms with Crippen LogP contribution in [0.5, 0.6) is 5.75 Å². The maximum absolute atomic E-state index is 13.3. The van der Waals surface area contributed by atoms with E-state index in [9.17, 15) is 13.6 Å². The molecule has 0 aliphatic rings. The third kappa shape index (κ3) is 5.37. The molecule has 1 amide bonds. The summed E-state index contributed by atoms with van der Waals surface area (Å²) in [5, 5.41) is 7.19. The van der Waals surface area contributed by atoms with Crippen molar-refractivity contribution in [2.45, 2.75) is 19.6 Å². The van der Waals surface area contributed by atoms with E-state index in [2.05, 4.69) is 15.4 Å². The second-order valence-electron chi connectivity index (χ2n) is 7.09. The second kappa shape index (κ2) is 9.86. The molecule has 0 saturated heterocycles. The van der Waals surface area contributed by atoms with Crippen LogP contribution in [0.1, 0.15) is 22.5 Å². The van der Waals surface area contributed by atoms with Gasteiger partial charge in [-0.2, -0.15) is 5.10 Å². The number of nitrogens with one attached hydrogen (secondary N) is 1. The first-order valence-corrected chi connectivity index (χ1v) is 10.1. The number of rotatable bonds is 9. The number of carbonyl (C=O) groups is 1. The van der Waals surface area contributed by atoms with Crippen molar-refractivity contribution < 1.29 is 18.3 Å². The van der Waals surface area contributed by atoms with Gasteiger partial charge in [0.15, 0.2) is 11.4 Å². The van der Waals surface area contributed by atoms with Gasteiger partial charge in [0.2, 0.25) is 0 Å². The fraction of sp³-hybridized carbons (Fsp3) is 0.174. The van der Waals surface area contributed by atoms with Gasteiger partial charge in [-0.1, -0.05) is 12.1 Å². The van der Waals surface area contributed by atoms with Crippen molar-refractivity contribution in [3.8, 4) is 11.4 Å². The van der Waals surface area contributed by atoms with Crippen molar-refractivity contribution in [1.29, 1.82) is 0 Å². The number of ether oxygens (including phenoxy) is 1. The second-order valence-corrected chi connectivity index (χ2v) is 7.09. The smallest absolute Gasteiger partial charge is 0.275 e. The molecule has 2 heterocycles. The van der Waals surface area contributed by atoms with Crippen molar-refractivity contribution >= 4 is 5.91 Å². The summed E-state index contributed by atoms with van der Waals surface area (Å²) in [5.41, 5.74) is 1.43.